The number of likely N-dealkylation sites (tertiary alicyclic amines) is 1. The number of quaternary nitrogens is 1. The quantitative estimate of drug-likeness (QED) is 0.105. The van der Waals surface area contributed by atoms with Gasteiger partial charge in [-0.25, -0.2) is 0 Å². The van der Waals surface area contributed by atoms with Crippen molar-refractivity contribution >= 4 is 17.3 Å². The summed E-state index contributed by atoms with van der Waals surface area (Å²) in [7, 11) is 4.21. The van der Waals surface area contributed by atoms with Gasteiger partial charge in [0.25, 0.3) is 11.8 Å². The number of amides is 1. The molecule has 15 heteroatoms. The summed E-state index contributed by atoms with van der Waals surface area (Å²) in [6.45, 7) is 13.1. The van der Waals surface area contributed by atoms with Crippen molar-refractivity contribution in [3.05, 3.63) is 95.1 Å². The standard InChI is InChI=1S/C53H61N10O5/c1-34(2)65-48-20-16-37(53-57-51(59-68-53)43-13-10-14-44-41(43)21-26-62(44)32-49(64)61-27-22-55-23-28-61)30-46(48)63(4,5)33-35(3)66-47-19-15-36(29-38(47)31-54)52-56-50(58-67-52)42-12-9-11-40-39(42)17-18-45(40)60-24-7-6-8-25-60/h9-16,19-20,29-30,34-35,45,55H,6-8,17-18,21-28,32-33H2,1-5H3/q+1. The molecule has 2 saturated heterocycles. The molecule has 2 aromatic heterocycles. The Labute approximate surface area is 398 Å². The van der Waals surface area contributed by atoms with Gasteiger partial charge in [0, 0.05) is 72.8 Å². The molecule has 0 bridgehead atoms. The van der Waals surface area contributed by atoms with Crippen LogP contribution in [0.2, 0.25) is 0 Å². The molecule has 1 aliphatic carbocycles. The topological polar surface area (TPSA) is 159 Å². The molecule has 1 amide bonds. The number of nitriles is 1. The number of fused-ring (bicyclic) bond motifs is 2. The maximum atomic E-state index is 13.2. The van der Waals surface area contributed by atoms with Crippen molar-refractivity contribution in [1.29, 1.82) is 5.26 Å². The number of ether oxygens (including phenoxy) is 2. The van der Waals surface area contributed by atoms with E-state index in [0.29, 0.717) is 63.9 Å². The number of carbonyl (C=O) groups is 1. The summed E-state index contributed by atoms with van der Waals surface area (Å²) in [5.41, 5.74) is 9.46. The van der Waals surface area contributed by atoms with Gasteiger partial charge in [-0.1, -0.05) is 47.1 Å². The van der Waals surface area contributed by atoms with E-state index in [4.69, 9.17) is 28.5 Å². The first-order chi connectivity index (χ1) is 33.0. The van der Waals surface area contributed by atoms with Crippen molar-refractivity contribution in [2.45, 2.75) is 77.5 Å². The Kier molecular flexibility index (Phi) is 12.8. The first-order valence-electron chi connectivity index (χ1n) is 24.3. The van der Waals surface area contributed by atoms with Gasteiger partial charge >= 0.3 is 0 Å². The van der Waals surface area contributed by atoms with Gasteiger partial charge in [-0.15, -0.1) is 0 Å². The van der Waals surface area contributed by atoms with E-state index in [1.165, 1.54) is 30.4 Å². The number of benzene rings is 4. The van der Waals surface area contributed by atoms with Gasteiger partial charge < -0.3 is 33.6 Å². The molecule has 3 aliphatic heterocycles. The third-order valence-electron chi connectivity index (χ3n) is 13.9. The fourth-order valence-electron chi connectivity index (χ4n) is 10.7. The zero-order chi connectivity index (χ0) is 46.9. The van der Waals surface area contributed by atoms with E-state index < -0.39 is 0 Å². The van der Waals surface area contributed by atoms with E-state index in [1.54, 1.807) is 6.07 Å². The Bertz CT molecular complexity index is 2830. The van der Waals surface area contributed by atoms with Crippen LogP contribution in [-0.4, -0.2) is 121 Å². The van der Waals surface area contributed by atoms with Gasteiger partial charge in [0.1, 0.15) is 24.5 Å². The van der Waals surface area contributed by atoms with Crippen LogP contribution in [0.15, 0.2) is 81.8 Å². The minimum Gasteiger partial charge on any atom is -0.485 e. The maximum absolute atomic E-state index is 13.2. The molecule has 5 heterocycles. The minimum absolute atomic E-state index is 0.0629. The molecule has 0 spiro atoms. The summed E-state index contributed by atoms with van der Waals surface area (Å²) in [6.07, 6.45) is 6.36. The van der Waals surface area contributed by atoms with Crippen molar-refractivity contribution < 1.29 is 23.3 Å². The first-order valence-corrected chi connectivity index (χ1v) is 24.3. The molecule has 68 heavy (non-hydrogen) atoms. The number of likely N-dealkylation sites (N-methyl/N-ethyl adjacent to an activating group) is 1. The zero-order valence-electron chi connectivity index (χ0n) is 39.8. The average molecular weight is 918 g/mol. The second-order valence-electron chi connectivity index (χ2n) is 19.4. The Morgan fingerprint density at radius 1 is 0.809 bits per heavy atom. The minimum atomic E-state index is -0.315. The first kappa shape index (κ1) is 45.2. The summed E-state index contributed by atoms with van der Waals surface area (Å²) in [5, 5.41) is 22.5. The molecule has 352 valence electrons. The number of hydrogen-bond donors (Lipinski definition) is 1. The Balaban J connectivity index is 0.837. The van der Waals surface area contributed by atoms with Crippen LogP contribution < -0.4 is 24.2 Å². The number of nitrogens with one attached hydrogen (secondary N) is 1. The zero-order valence-corrected chi connectivity index (χ0v) is 39.8. The van der Waals surface area contributed by atoms with E-state index in [1.807, 2.05) is 68.1 Å². The molecule has 0 saturated carbocycles. The third-order valence-corrected chi connectivity index (χ3v) is 13.9. The van der Waals surface area contributed by atoms with E-state index in [0.717, 1.165) is 104 Å². The number of nitrogens with zero attached hydrogens (tertiary/aromatic N) is 9. The predicted octanol–water partition coefficient (Wildman–Crippen LogP) is 8.08. The van der Waals surface area contributed by atoms with Crippen LogP contribution in [0.25, 0.3) is 45.7 Å². The van der Waals surface area contributed by atoms with Gasteiger partial charge in [0.15, 0.2) is 11.4 Å². The van der Waals surface area contributed by atoms with Crippen LogP contribution in [0.1, 0.15) is 74.8 Å². The molecule has 15 nitrogen and oxygen atoms in total. The van der Waals surface area contributed by atoms with Crippen LogP contribution in [0, 0.1) is 11.3 Å². The maximum Gasteiger partial charge on any atom is 0.258 e. The van der Waals surface area contributed by atoms with E-state index >= 15 is 0 Å². The van der Waals surface area contributed by atoms with Crippen LogP contribution in [0.5, 0.6) is 11.5 Å². The van der Waals surface area contributed by atoms with Gasteiger partial charge in [-0.05, 0) is 119 Å². The molecule has 10 rings (SSSR count). The molecule has 0 radical (unpaired) electrons. The second-order valence-corrected chi connectivity index (χ2v) is 19.4. The summed E-state index contributed by atoms with van der Waals surface area (Å²) < 4.78 is 25.1. The highest BCUT2D eigenvalue weighted by atomic mass is 16.5. The fourth-order valence-corrected chi connectivity index (χ4v) is 10.7. The predicted molar refractivity (Wildman–Crippen MR) is 261 cm³/mol. The Morgan fingerprint density at radius 3 is 2.19 bits per heavy atom. The smallest absolute Gasteiger partial charge is 0.258 e. The lowest BCUT2D eigenvalue weighted by molar-refractivity contribution is -0.130. The lowest BCUT2D eigenvalue weighted by Crippen LogP contribution is -2.49. The summed E-state index contributed by atoms with van der Waals surface area (Å²) >= 11 is 0. The number of carbonyl (C=O) groups excluding carboxylic acids is 1. The monoisotopic (exact) mass is 917 g/mol. The van der Waals surface area contributed by atoms with Gasteiger partial charge in [-0.3, -0.25) is 14.2 Å². The van der Waals surface area contributed by atoms with Crippen molar-refractivity contribution in [3.63, 3.8) is 0 Å². The van der Waals surface area contributed by atoms with Gasteiger partial charge in [0.2, 0.25) is 17.6 Å². The summed E-state index contributed by atoms with van der Waals surface area (Å²) in [5.74, 6) is 3.18. The molecule has 2 fully saturated rings. The molecular weight excluding hydrogens is 857 g/mol. The lowest BCUT2D eigenvalue weighted by atomic mass is 10.00. The van der Waals surface area contributed by atoms with Crippen molar-refractivity contribution in [2.75, 3.05) is 77.9 Å². The highest BCUT2D eigenvalue weighted by Crippen LogP contribution is 2.42. The van der Waals surface area contributed by atoms with Gasteiger partial charge in [0.05, 0.1) is 32.3 Å². The number of anilines is 1. The third kappa shape index (κ3) is 9.20. The molecule has 4 aliphatic rings. The Morgan fingerprint density at radius 2 is 1.49 bits per heavy atom. The number of hydrogen-bond acceptors (Lipinski definition) is 13. The number of rotatable bonds is 14. The number of piperazine rings is 1. The summed E-state index contributed by atoms with van der Waals surface area (Å²) in [6, 6.07) is 26.7. The van der Waals surface area contributed by atoms with Crippen LogP contribution in [0.4, 0.5) is 11.4 Å². The molecule has 6 aromatic rings. The van der Waals surface area contributed by atoms with E-state index in [9.17, 15) is 10.1 Å². The molecule has 2 atom stereocenters. The lowest BCUT2D eigenvalue weighted by Gasteiger charge is -2.33. The van der Waals surface area contributed by atoms with E-state index in [2.05, 4.69) is 69.9 Å². The average Bonchev–Trinajstić information content (AvgIpc) is 4.19. The van der Waals surface area contributed by atoms with Crippen LogP contribution >= 0.6 is 0 Å². The SMILES string of the molecule is CC(C)Oc1ccc(-c2nc(-c3cccc4c3CCN4CC(=O)N3CCNCC3)no2)cc1[N+](C)(C)CC(C)Oc1ccc(-c2nc(-c3cccc4c3CCC4N3CCCCC3)no2)cc1C#N. The number of piperidine rings is 1. The molecule has 4 aromatic carbocycles. The fraction of sp³-hybridized carbons (Fsp3) is 0.434. The van der Waals surface area contributed by atoms with Crippen LogP contribution in [0.3, 0.4) is 0 Å². The van der Waals surface area contributed by atoms with E-state index in [-0.39, 0.29) is 18.1 Å². The largest absolute Gasteiger partial charge is 0.485 e. The molecular formula is C53H61N10O5+. The van der Waals surface area contributed by atoms with Crippen molar-refractivity contribution in [3.8, 4) is 63.3 Å². The normalized spacial score (nSPS) is 17.8. The summed E-state index contributed by atoms with van der Waals surface area (Å²) in [4.78, 5) is 29.7. The van der Waals surface area contributed by atoms with Crippen molar-refractivity contribution in [1.82, 2.24) is 39.9 Å². The van der Waals surface area contributed by atoms with Gasteiger partial charge in [-0.2, -0.15) is 15.2 Å². The highest BCUT2D eigenvalue weighted by Gasteiger charge is 2.33. The molecule has 1 N–H and O–H groups in total. The number of aromatic nitrogens is 4. The van der Waals surface area contributed by atoms with Crippen LogP contribution in [-0.2, 0) is 17.6 Å². The second kappa shape index (κ2) is 19.2. The highest BCUT2D eigenvalue weighted by molar-refractivity contribution is 5.84. The van der Waals surface area contributed by atoms with Crippen molar-refractivity contribution in [2.24, 2.45) is 0 Å². The Hall–Kier alpha value is -6.60. The molecule has 2 unspecified atom stereocenters.